The van der Waals surface area contributed by atoms with Gasteiger partial charge in [-0.1, -0.05) is 133 Å². The van der Waals surface area contributed by atoms with Crippen LogP contribution in [-0.4, -0.2) is 19.9 Å². The first-order chi connectivity index (χ1) is 28.7. The molecule has 3 aromatic heterocycles. The highest BCUT2D eigenvalue weighted by Gasteiger charge is 2.20. The number of hydrogen-bond donors (Lipinski definition) is 2. The molecule has 10 rings (SSSR count). The van der Waals surface area contributed by atoms with Gasteiger partial charge in [-0.2, -0.15) is 5.26 Å². The van der Waals surface area contributed by atoms with Crippen molar-refractivity contribution in [1.29, 1.82) is 5.26 Å². The van der Waals surface area contributed by atoms with Crippen LogP contribution < -0.4 is 0 Å². The average Bonchev–Trinajstić information content (AvgIpc) is 4.12. The van der Waals surface area contributed by atoms with Gasteiger partial charge in [0.2, 0.25) is 0 Å². The Morgan fingerprint density at radius 2 is 0.776 bits per heavy atom. The standard InChI is InChI=1S/C53H33N5/c54-34-36-23-21-35(22-24-36)25-26-41-33-48-51(39-17-9-3-10-18-39)46-30-29-44(56-46)49(37-13-5-1-6-14-37)42-27-28-43(55-42)50(38-15-7-2-8-16-38)45-31-32-47(57-45)52(53(41)58-48)40-19-11-4-12-20-40/h1-24,27-33,55,58H. The molecule has 0 radical (unpaired) electrons. The topological polar surface area (TPSA) is 81.1 Å². The second kappa shape index (κ2) is 14.8. The minimum atomic E-state index is 0.593. The minimum Gasteiger partial charge on any atom is -0.354 e. The fraction of sp³-hybridized carbons (Fsp3) is 0. The van der Waals surface area contributed by atoms with Crippen molar-refractivity contribution in [2.75, 3.05) is 0 Å². The summed E-state index contributed by atoms with van der Waals surface area (Å²) in [5.74, 6) is 6.92. The predicted octanol–water partition coefficient (Wildman–Crippen LogP) is 12.6. The van der Waals surface area contributed by atoms with Gasteiger partial charge in [0.15, 0.2) is 0 Å². The molecule has 2 N–H and O–H groups in total. The molecule has 270 valence electrons. The molecule has 5 nitrogen and oxygen atoms in total. The zero-order valence-electron chi connectivity index (χ0n) is 31.2. The highest BCUT2D eigenvalue weighted by molar-refractivity contribution is 6.01. The largest absolute Gasteiger partial charge is 0.354 e. The number of nitriles is 1. The maximum atomic E-state index is 9.42. The summed E-state index contributed by atoms with van der Waals surface area (Å²) in [6.07, 6.45) is 8.44. The van der Waals surface area contributed by atoms with Gasteiger partial charge in [0, 0.05) is 44.4 Å². The van der Waals surface area contributed by atoms with Crippen molar-refractivity contribution < 1.29 is 0 Å². The van der Waals surface area contributed by atoms with Crippen molar-refractivity contribution in [3.05, 3.63) is 203 Å². The van der Waals surface area contributed by atoms with E-state index in [1.807, 2.05) is 36.4 Å². The lowest BCUT2D eigenvalue weighted by Crippen LogP contribution is -1.90. The molecule has 8 aromatic rings. The molecule has 5 heteroatoms. The van der Waals surface area contributed by atoms with E-state index in [9.17, 15) is 5.26 Å². The lowest BCUT2D eigenvalue weighted by molar-refractivity contribution is 1.31. The first kappa shape index (κ1) is 34.3. The monoisotopic (exact) mass is 739 g/mol. The summed E-state index contributed by atoms with van der Waals surface area (Å²) in [4.78, 5) is 18.6. The average molecular weight is 740 g/mol. The van der Waals surface area contributed by atoms with Crippen LogP contribution in [0.25, 0.3) is 90.9 Å². The van der Waals surface area contributed by atoms with Gasteiger partial charge >= 0.3 is 0 Å². The van der Waals surface area contributed by atoms with Crippen molar-refractivity contribution in [2.45, 2.75) is 0 Å². The fourth-order valence-corrected chi connectivity index (χ4v) is 7.78. The molecule has 0 spiro atoms. The van der Waals surface area contributed by atoms with Crippen molar-refractivity contribution in [3.63, 3.8) is 0 Å². The molecular weight excluding hydrogens is 707 g/mol. The summed E-state index contributed by atoms with van der Waals surface area (Å²) in [6.45, 7) is 0. The van der Waals surface area contributed by atoms with E-state index in [4.69, 9.17) is 9.97 Å². The maximum absolute atomic E-state index is 9.42. The highest BCUT2D eigenvalue weighted by Crippen LogP contribution is 2.39. The third-order valence-corrected chi connectivity index (χ3v) is 10.5. The van der Waals surface area contributed by atoms with Gasteiger partial charge in [-0.15, -0.1) is 0 Å². The van der Waals surface area contributed by atoms with E-state index in [0.29, 0.717) is 5.56 Å². The van der Waals surface area contributed by atoms with Gasteiger partial charge in [-0.25, -0.2) is 9.97 Å². The zero-order valence-corrected chi connectivity index (χ0v) is 31.2. The Morgan fingerprint density at radius 3 is 1.22 bits per heavy atom. The van der Waals surface area contributed by atoms with E-state index >= 15 is 0 Å². The highest BCUT2D eigenvalue weighted by atomic mass is 14.8. The summed E-state index contributed by atoms with van der Waals surface area (Å²) in [5.41, 5.74) is 17.2. The van der Waals surface area contributed by atoms with Crippen LogP contribution >= 0.6 is 0 Å². The summed E-state index contributed by atoms with van der Waals surface area (Å²) in [5, 5.41) is 9.42. The van der Waals surface area contributed by atoms with E-state index in [2.05, 4.69) is 167 Å². The quantitative estimate of drug-likeness (QED) is 0.176. The third-order valence-electron chi connectivity index (χ3n) is 10.5. The Morgan fingerprint density at radius 1 is 0.379 bits per heavy atom. The van der Waals surface area contributed by atoms with Gasteiger partial charge in [-0.05, 0) is 89.0 Å². The number of fused-ring (bicyclic) bond motifs is 8. The van der Waals surface area contributed by atoms with Gasteiger partial charge in [0.05, 0.1) is 45.5 Å². The van der Waals surface area contributed by atoms with Crippen molar-refractivity contribution in [3.8, 4) is 62.4 Å². The third kappa shape index (κ3) is 6.39. The van der Waals surface area contributed by atoms with Gasteiger partial charge < -0.3 is 9.97 Å². The molecular formula is C53H33N5. The van der Waals surface area contributed by atoms with Crippen LogP contribution in [0.1, 0.15) is 39.5 Å². The first-order valence-corrected chi connectivity index (χ1v) is 19.1. The number of nitrogens with zero attached hydrogens (tertiary/aromatic N) is 3. The molecule has 0 atom stereocenters. The lowest BCUT2D eigenvalue weighted by atomic mass is 10.0. The Bertz CT molecular complexity index is 3190. The molecule has 0 saturated carbocycles. The van der Waals surface area contributed by atoms with Crippen LogP contribution in [0.15, 0.2) is 164 Å². The van der Waals surface area contributed by atoms with Gasteiger partial charge in [-0.3, -0.25) is 0 Å². The van der Waals surface area contributed by atoms with Gasteiger partial charge in [0.1, 0.15) is 0 Å². The van der Waals surface area contributed by atoms with Gasteiger partial charge in [0.25, 0.3) is 0 Å². The van der Waals surface area contributed by atoms with Crippen LogP contribution in [-0.2, 0) is 0 Å². The predicted molar refractivity (Wildman–Crippen MR) is 238 cm³/mol. The Labute approximate surface area is 336 Å². The van der Waals surface area contributed by atoms with Crippen LogP contribution in [0.5, 0.6) is 0 Å². The SMILES string of the molecule is N#Cc1ccc(C#Cc2cc3[nH]c2c(-c2ccccc2)c2nc(c(-c4ccccc4)c4ccc([nH]4)c(-c4ccccc4)c4nc(c3-c3ccccc3)C=C4)C=C2)cc1. The van der Waals surface area contributed by atoms with Crippen molar-refractivity contribution in [1.82, 2.24) is 19.9 Å². The number of benzene rings is 5. The molecule has 0 unspecified atom stereocenters. The number of aromatic amines is 2. The molecule has 58 heavy (non-hydrogen) atoms. The first-order valence-electron chi connectivity index (χ1n) is 19.1. The second-order valence-electron chi connectivity index (χ2n) is 14.1. The summed E-state index contributed by atoms with van der Waals surface area (Å²) in [7, 11) is 0. The molecule has 5 heterocycles. The van der Waals surface area contributed by atoms with E-state index < -0.39 is 0 Å². The summed E-state index contributed by atoms with van der Waals surface area (Å²) in [6, 6.07) is 57.6. The minimum absolute atomic E-state index is 0.593. The summed E-state index contributed by atoms with van der Waals surface area (Å²) >= 11 is 0. The molecule has 0 amide bonds. The molecule has 0 aliphatic carbocycles. The fourth-order valence-electron chi connectivity index (χ4n) is 7.78. The Balaban J connectivity index is 1.40. The number of H-pyrrole nitrogens is 2. The number of aromatic nitrogens is 4. The smallest absolute Gasteiger partial charge is 0.0991 e. The molecule has 0 fully saturated rings. The van der Waals surface area contributed by atoms with Crippen molar-refractivity contribution in [2.24, 2.45) is 0 Å². The molecule has 0 saturated heterocycles. The number of hydrogen-bond acceptors (Lipinski definition) is 3. The van der Waals surface area contributed by atoms with E-state index in [1.165, 1.54) is 0 Å². The molecule has 2 aliphatic heterocycles. The lowest BCUT2D eigenvalue weighted by Gasteiger charge is -2.07. The molecule has 8 bridgehead atoms. The maximum Gasteiger partial charge on any atom is 0.0991 e. The van der Waals surface area contributed by atoms with E-state index in [-0.39, 0.29) is 0 Å². The number of rotatable bonds is 4. The molecule has 5 aromatic carbocycles. The van der Waals surface area contributed by atoms with Crippen molar-refractivity contribution >= 4 is 46.4 Å². The Hall–Kier alpha value is -8.25. The van der Waals surface area contributed by atoms with E-state index in [1.54, 1.807) is 12.1 Å². The van der Waals surface area contributed by atoms with Crippen LogP contribution in [0.2, 0.25) is 0 Å². The molecule has 2 aliphatic rings. The summed E-state index contributed by atoms with van der Waals surface area (Å²) < 4.78 is 0. The normalized spacial score (nSPS) is 11.5. The zero-order chi connectivity index (χ0) is 38.8. The Kier molecular flexibility index (Phi) is 8.72. The second-order valence-corrected chi connectivity index (χ2v) is 14.1. The number of nitrogens with one attached hydrogen (secondary N) is 2. The van der Waals surface area contributed by atoms with E-state index in [0.717, 1.165) is 100 Å². The van der Waals surface area contributed by atoms with Crippen LogP contribution in [0.4, 0.5) is 0 Å². The van der Waals surface area contributed by atoms with Crippen LogP contribution in [0.3, 0.4) is 0 Å². The van der Waals surface area contributed by atoms with Crippen LogP contribution in [0, 0.1) is 23.2 Å².